The van der Waals surface area contributed by atoms with Crippen LogP contribution in [0.25, 0.3) is 0 Å². The van der Waals surface area contributed by atoms with E-state index in [-0.39, 0.29) is 0 Å². The topological polar surface area (TPSA) is 50.4 Å². The minimum Gasteiger partial charge on any atom is -0.378 e. The third kappa shape index (κ3) is 2.28. The van der Waals surface area contributed by atoms with E-state index in [1.165, 1.54) is 12.8 Å². The van der Waals surface area contributed by atoms with Crippen molar-refractivity contribution in [3.63, 3.8) is 0 Å². The van der Waals surface area contributed by atoms with Gasteiger partial charge in [0.2, 0.25) is 5.91 Å². The van der Waals surface area contributed by atoms with Gasteiger partial charge in [0, 0.05) is 18.6 Å². The average molecular weight is 252 g/mol. The maximum absolute atomic E-state index is 12.2. The molecule has 102 valence electrons. The zero-order chi connectivity index (χ0) is 12.6. The van der Waals surface area contributed by atoms with Gasteiger partial charge < -0.3 is 15.4 Å². The molecule has 1 spiro atoms. The second-order valence-corrected chi connectivity index (χ2v) is 6.12. The molecule has 3 rings (SSSR count). The summed E-state index contributed by atoms with van der Waals surface area (Å²) >= 11 is 0. The molecule has 1 saturated heterocycles. The van der Waals surface area contributed by atoms with Crippen LogP contribution in [0.3, 0.4) is 0 Å². The molecule has 0 aromatic rings. The van der Waals surface area contributed by atoms with Crippen LogP contribution in [-0.2, 0) is 9.53 Å². The summed E-state index contributed by atoms with van der Waals surface area (Å²) in [5, 5.41) is 6.57. The first-order valence-corrected chi connectivity index (χ1v) is 7.36. The lowest BCUT2D eigenvalue weighted by molar-refractivity contribution is -0.125. The molecule has 0 aromatic carbocycles. The Morgan fingerprint density at radius 2 is 2.11 bits per heavy atom. The van der Waals surface area contributed by atoms with E-state index in [0.717, 1.165) is 39.0 Å². The van der Waals surface area contributed by atoms with Gasteiger partial charge in [-0.05, 0) is 57.5 Å². The first-order chi connectivity index (χ1) is 8.73. The minimum absolute atomic E-state index is 0.297. The number of carbonyl (C=O) groups is 1. The van der Waals surface area contributed by atoms with Crippen LogP contribution >= 0.6 is 0 Å². The van der Waals surface area contributed by atoms with Crippen molar-refractivity contribution < 1.29 is 9.53 Å². The van der Waals surface area contributed by atoms with Crippen molar-refractivity contribution in [1.29, 1.82) is 0 Å². The lowest BCUT2D eigenvalue weighted by Crippen LogP contribution is -2.48. The normalized spacial score (nSPS) is 37.1. The van der Waals surface area contributed by atoms with E-state index in [1.807, 2.05) is 6.92 Å². The first kappa shape index (κ1) is 12.4. The van der Waals surface area contributed by atoms with Gasteiger partial charge in [-0.25, -0.2) is 0 Å². The molecule has 4 heteroatoms. The fourth-order valence-electron chi connectivity index (χ4n) is 3.55. The van der Waals surface area contributed by atoms with Gasteiger partial charge in [0.05, 0.1) is 6.10 Å². The molecule has 2 aliphatic carbocycles. The van der Waals surface area contributed by atoms with Gasteiger partial charge in [-0.3, -0.25) is 4.79 Å². The average Bonchev–Trinajstić information content (AvgIpc) is 3.01. The van der Waals surface area contributed by atoms with Crippen LogP contribution in [0.1, 0.15) is 39.0 Å². The predicted molar refractivity (Wildman–Crippen MR) is 69.2 cm³/mol. The summed E-state index contributed by atoms with van der Waals surface area (Å²) in [7, 11) is 0. The van der Waals surface area contributed by atoms with Gasteiger partial charge in [0.1, 0.15) is 0 Å². The van der Waals surface area contributed by atoms with E-state index in [4.69, 9.17) is 4.74 Å². The number of rotatable bonds is 4. The molecule has 18 heavy (non-hydrogen) atoms. The molecule has 0 bridgehead atoms. The van der Waals surface area contributed by atoms with Crippen molar-refractivity contribution in [1.82, 2.24) is 10.6 Å². The molecule has 0 radical (unpaired) electrons. The Balaban J connectivity index is 1.41. The molecule has 1 heterocycles. The van der Waals surface area contributed by atoms with Crippen molar-refractivity contribution >= 4 is 5.91 Å². The van der Waals surface area contributed by atoms with Crippen LogP contribution in [0.2, 0.25) is 0 Å². The quantitative estimate of drug-likeness (QED) is 0.786. The van der Waals surface area contributed by atoms with Crippen molar-refractivity contribution in [2.45, 2.75) is 51.2 Å². The van der Waals surface area contributed by atoms with E-state index < -0.39 is 0 Å². The molecule has 4 nitrogen and oxygen atoms in total. The monoisotopic (exact) mass is 252 g/mol. The zero-order valence-corrected chi connectivity index (χ0v) is 11.2. The van der Waals surface area contributed by atoms with E-state index in [0.29, 0.717) is 29.4 Å². The van der Waals surface area contributed by atoms with Crippen LogP contribution in [-0.4, -0.2) is 37.7 Å². The van der Waals surface area contributed by atoms with Gasteiger partial charge in [-0.1, -0.05) is 0 Å². The van der Waals surface area contributed by atoms with E-state index >= 15 is 0 Å². The van der Waals surface area contributed by atoms with E-state index in [9.17, 15) is 4.79 Å². The van der Waals surface area contributed by atoms with E-state index in [2.05, 4.69) is 10.6 Å². The van der Waals surface area contributed by atoms with Crippen molar-refractivity contribution in [3.05, 3.63) is 0 Å². The summed E-state index contributed by atoms with van der Waals surface area (Å²) in [6, 6.07) is 0.369. The summed E-state index contributed by atoms with van der Waals surface area (Å²) in [6.45, 7) is 4.97. The highest BCUT2D eigenvalue weighted by molar-refractivity contribution is 5.83. The Kier molecular flexibility index (Phi) is 3.32. The number of hydrogen-bond acceptors (Lipinski definition) is 3. The summed E-state index contributed by atoms with van der Waals surface area (Å²) < 4.78 is 5.52. The molecule has 0 aromatic heterocycles. The largest absolute Gasteiger partial charge is 0.378 e. The third-order valence-electron chi connectivity index (χ3n) is 4.95. The molecule has 2 saturated carbocycles. The van der Waals surface area contributed by atoms with Crippen LogP contribution < -0.4 is 10.6 Å². The fraction of sp³-hybridized carbons (Fsp3) is 0.929. The molecular weight excluding hydrogens is 228 g/mol. The molecule has 1 amide bonds. The van der Waals surface area contributed by atoms with Crippen LogP contribution in [0.4, 0.5) is 0 Å². The number of hydrogen-bond donors (Lipinski definition) is 2. The molecular formula is C14H24N2O2. The Morgan fingerprint density at radius 3 is 2.78 bits per heavy atom. The summed E-state index contributed by atoms with van der Waals surface area (Å²) in [6.07, 6.45) is 5.85. The fourth-order valence-corrected chi connectivity index (χ4v) is 3.55. The highest BCUT2D eigenvalue weighted by atomic mass is 16.5. The molecule has 3 aliphatic rings. The SMILES string of the molecule is CCOC1CC(NC(=O)C2CC23CCNCC3)C1. The van der Waals surface area contributed by atoms with Crippen molar-refractivity contribution in [2.24, 2.45) is 11.3 Å². The number of ether oxygens (including phenoxy) is 1. The number of amides is 1. The number of carbonyl (C=O) groups excluding carboxylic acids is 1. The standard InChI is InChI=1S/C14H24N2O2/c1-2-18-11-7-10(8-11)16-13(17)12-9-14(12)3-5-15-6-4-14/h10-12,15H,2-9H2,1H3,(H,16,17). The Hall–Kier alpha value is -0.610. The minimum atomic E-state index is 0.297. The smallest absolute Gasteiger partial charge is 0.223 e. The van der Waals surface area contributed by atoms with Gasteiger partial charge in [-0.2, -0.15) is 0 Å². The maximum atomic E-state index is 12.2. The van der Waals surface area contributed by atoms with Crippen molar-refractivity contribution in [2.75, 3.05) is 19.7 Å². The van der Waals surface area contributed by atoms with E-state index in [1.54, 1.807) is 0 Å². The Labute approximate surface area is 109 Å². The van der Waals surface area contributed by atoms with Crippen molar-refractivity contribution in [3.8, 4) is 0 Å². The maximum Gasteiger partial charge on any atom is 0.223 e. The lowest BCUT2D eigenvalue weighted by Gasteiger charge is -2.35. The molecule has 2 N–H and O–H groups in total. The van der Waals surface area contributed by atoms with Crippen LogP contribution in [0.5, 0.6) is 0 Å². The Bertz CT molecular complexity index is 320. The summed E-state index contributed by atoms with van der Waals surface area (Å²) in [5.41, 5.74) is 0.360. The third-order valence-corrected chi connectivity index (χ3v) is 4.95. The Morgan fingerprint density at radius 1 is 1.39 bits per heavy atom. The highest BCUT2D eigenvalue weighted by Gasteiger charge is 2.57. The second kappa shape index (κ2) is 4.82. The molecule has 3 fully saturated rings. The predicted octanol–water partition coefficient (Wildman–Crippen LogP) is 1.06. The molecule has 1 aliphatic heterocycles. The number of piperidine rings is 1. The molecule has 1 unspecified atom stereocenters. The van der Waals surface area contributed by atoms with Gasteiger partial charge in [0.25, 0.3) is 0 Å². The summed E-state index contributed by atoms with van der Waals surface area (Å²) in [4.78, 5) is 12.2. The number of nitrogens with one attached hydrogen (secondary N) is 2. The second-order valence-electron chi connectivity index (χ2n) is 6.12. The lowest BCUT2D eigenvalue weighted by atomic mass is 9.88. The van der Waals surface area contributed by atoms with Crippen LogP contribution in [0, 0.1) is 11.3 Å². The van der Waals surface area contributed by atoms with Gasteiger partial charge in [0.15, 0.2) is 0 Å². The molecule has 1 atom stereocenters. The van der Waals surface area contributed by atoms with Crippen LogP contribution in [0.15, 0.2) is 0 Å². The summed E-state index contributed by atoms with van der Waals surface area (Å²) in [5.74, 6) is 0.600. The first-order valence-electron chi connectivity index (χ1n) is 7.36. The highest BCUT2D eigenvalue weighted by Crippen LogP contribution is 2.58. The zero-order valence-electron chi connectivity index (χ0n) is 11.2. The van der Waals surface area contributed by atoms with Gasteiger partial charge in [-0.15, -0.1) is 0 Å². The van der Waals surface area contributed by atoms with Gasteiger partial charge >= 0.3 is 0 Å².